The number of benzene rings is 2. The van der Waals surface area contributed by atoms with E-state index < -0.39 is 0 Å². The van der Waals surface area contributed by atoms with Crippen LogP contribution in [0.15, 0.2) is 60.7 Å². The van der Waals surface area contributed by atoms with Gasteiger partial charge in [0.2, 0.25) is 0 Å². The summed E-state index contributed by atoms with van der Waals surface area (Å²) in [5.41, 5.74) is 2.98. The van der Waals surface area contributed by atoms with E-state index in [0.717, 1.165) is 41.8 Å². The van der Waals surface area contributed by atoms with Crippen molar-refractivity contribution in [1.82, 2.24) is 10.2 Å². The van der Waals surface area contributed by atoms with E-state index in [1.807, 2.05) is 36.4 Å². The van der Waals surface area contributed by atoms with Crippen LogP contribution >= 0.6 is 0 Å². The van der Waals surface area contributed by atoms with Crippen LogP contribution in [0.2, 0.25) is 0 Å². The van der Waals surface area contributed by atoms with E-state index in [-0.39, 0.29) is 5.91 Å². The van der Waals surface area contributed by atoms with E-state index in [0.29, 0.717) is 11.3 Å². The van der Waals surface area contributed by atoms with Gasteiger partial charge in [-0.2, -0.15) is 0 Å². The van der Waals surface area contributed by atoms with Gasteiger partial charge in [-0.15, -0.1) is 10.2 Å². The van der Waals surface area contributed by atoms with Crippen molar-refractivity contribution in [3.8, 4) is 17.0 Å². The van der Waals surface area contributed by atoms with E-state index >= 15 is 0 Å². The molecule has 0 radical (unpaired) electrons. The Balaban J connectivity index is 1.45. The summed E-state index contributed by atoms with van der Waals surface area (Å²) in [4.78, 5) is 14.8. The number of anilines is 2. The van der Waals surface area contributed by atoms with Crippen LogP contribution in [0.1, 0.15) is 30.1 Å². The Morgan fingerprint density at radius 2 is 1.80 bits per heavy atom. The van der Waals surface area contributed by atoms with E-state index in [1.54, 1.807) is 31.4 Å². The number of methoxy groups -OCH3 is 1. The molecule has 1 aliphatic heterocycles. The molecule has 6 heteroatoms. The monoisotopic (exact) mass is 402 g/mol. The first kappa shape index (κ1) is 19.9. The third-order valence-electron chi connectivity index (χ3n) is 5.53. The zero-order valence-corrected chi connectivity index (χ0v) is 17.3. The summed E-state index contributed by atoms with van der Waals surface area (Å²) in [5.74, 6) is 2.25. The molecule has 154 valence electrons. The number of carbonyl (C=O) groups excluding carboxylic acids is 1. The van der Waals surface area contributed by atoms with Gasteiger partial charge in [0.05, 0.1) is 12.8 Å². The lowest BCUT2D eigenvalue weighted by Gasteiger charge is -2.30. The second-order valence-corrected chi connectivity index (χ2v) is 7.71. The number of aromatic nitrogens is 2. The lowest BCUT2D eigenvalue weighted by molar-refractivity contribution is 0.102. The number of rotatable bonds is 5. The predicted molar refractivity (Wildman–Crippen MR) is 119 cm³/mol. The van der Waals surface area contributed by atoms with Crippen LogP contribution in [0.25, 0.3) is 11.3 Å². The average molecular weight is 402 g/mol. The van der Waals surface area contributed by atoms with Gasteiger partial charge in [-0.05, 0) is 67.3 Å². The first-order valence-electron chi connectivity index (χ1n) is 10.3. The Labute approximate surface area is 176 Å². The van der Waals surface area contributed by atoms with Crippen molar-refractivity contribution in [2.45, 2.75) is 19.8 Å². The average Bonchev–Trinajstić information content (AvgIpc) is 2.80. The Morgan fingerprint density at radius 3 is 2.47 bits per heavy atom. The summed E-state index contributed by atoms with van der Waals surface area (Å²) in [6, 6.07) is 18.7. The fourth-order valence-corrected chi connectivity index (χ4v) is 3.59. The lowest BCUT2D eigenvalue weighted by Crippen LogP contribution is -2.33. The number of amides is 1. The molecule has 1 aliphatic rings. The Hall–Kier alpha value is -3.41. The number of piperidine rings is 1. The van der Waals surface area contributed by atoms with Gasteiger partial charge in [-0.1, -0.05) is 19.1 Å². The summed E-state index contributed by atoms with van der Waals surface area (Å²) in [6.45, 7) is 4.36. The highest BCUT2D eigenvalue weighted by Gasteiger charge is 2.17. The quantitative estimate of drug-likeness (QED) is 0.673. The molecule has 1 amide bonds. The van der Waals surface area contributed by atoms with Gasteiger partial charge in [0.1, 0.15) is 5.75 Å². The molecule has 30 heavy (non-hydrogen) atoms. The molecule has 1 aromatic heterocycles. The summed E-state index contributed by atoms with van der Waals surface area (Å²) >= 11 is 0. The van der Waals surface area contributed by atoms with Crippen molar-refractivity contribution in [3.05, 3.63) is 66.2 Å². The van der Waals surface area contributed by atoms with Crippen LogP contribution in [0.3, 0.4) is 0 Å². The molecule has 1 saturated heterocycles. The highest BCUT2D eigenvalue weighted by Crippen LogP contribution is 2.24. The molecule has 0 aliphatic carbocycles. The van der Waals surface area contributed by atoms with Gasteiger partial charge in [0.15, 0.2) is 5.82 Å². The minimum absolute atomic E-state index is 0.171. The minimum Gasteiger partial charge on any atom is -0.497 e. The zero-order chi connectivity index (χ0) is 20.9. The lowest BCUT2D eigenvalue weighted by atomic mass is 9.99. The first-order chi connectivity index (χ1) is 14.6. The molecule has 4 rings (SSSR count). The van der Waals surface area contributed by atoms with E-state index in [4.69, 9.17) is 4.74 Å². The zero-order valence-electron chi connectivity index (χ0n) is 17.3. The van der Waals surface area contributed by atoms with Crippen molar-refractivity contribution in [1.29, 1.82) is 0 Å². The van der Waals surface area contributed by atoms with Crippen LogP contribution in [0.4, 0.5) is 11.5 Å². The molecular weight excluding hydrogens is 376 g/mol. The van der Waals surface area contributed by atoms with Crippen molar-refractivity contribution in [3.63, 3.8) is 0 Å². The van der Waals surface area contributed by atoms with Crippen molar-refractivity contribution >= 4 is 17.4 Å². The molecular formula is C24H26N4O2. The number of hydrogen-bond donors (Lipinski definition) is 1. The molecule has 0 spiro atoms. The maximum atomic E-state index is 12.5. The predicted octanol–water partition coefficient (Wildman–Crippen LogP) is 4.64. The third kappa shape index (κ3) is 4.59. The summed E-state index contributed by atoms with van der Waals surface area (Å²) in [5, 5.41) is 11.8. The van der Waals surface area contributed by atoms with Gasteiger partial charge in [-0.3, -0.25) is 4.79 Å². The summed E-state index contributed by atoms with van der Waals surface area (Å²) < 4.78 is 5.14. The minimum atomic E-state index is -0.171. The molecule has 0 saturated carbocycles. The number of ether oxygens (including phenoxy) is 1. The van der Waals surface area contributed by atoms with Gasteiger partial charge in [-0.25, -0.2) is 0 Å². The summed E-state index contributed by atoms with van der Waals surface area (Å²) in [6.07, 6.45) is 2.39. The largest absolute Gasteiger partial charge is 0.497 e. The fraction of sp³-hybridized carbons (Fsp3) is 0.292. The highest BCUT2D eigenvalue weighted by atomic mass is 16.5. The SMILES string of the molecule is COc1ccc(C(=O)Nc2cccc(-c3ccc(N4CCC(C)CC4)nn3)c2)cc1. The Bertz CT molecular complexity index is 994. The van der Waals surface area contributed by atoms with Crippen molar-refractivity contribution in [2.75, 3.05) is 30.4 Å². The van der Waals surface area contributed by atoms with Crippen LogP contribution < -0.4 is 15.0 Å². The molecule has 0 atom stereocenters. The smallest absolute Gasteiger partial charge is 0.255 e. The van der Waals surface area contributed by atoms with Gasteiger partial charge < -0.3 is 15.0 Å². The van der Waals surface area contributed by atoms with E-state index in [1.165, 1.54) is 12.8 Å². The number of hydrogen-bond acceptors (Lipinski definition) is 5. The normalized spacial score (nSPS) is 14.4. The van der Waals surface area contributed by atoms with Crippen molar-refractivity contribution in [2.24, 2.45) is 5.92 Å². The van der Waals surface area contributed by atoms with E-state index in [2.05, 4.69) is 27.3 Å². The van der Waals surface area contributed by atoms with E-state index in [9.17, 15) is 4.79 Å². The first-order valence-corrected chi connectivity index (χ1v) is 10.3. The molecule has 3 aromatic rings. The molecule has 1 fully saturated rings. The number of carbonyl (C=O) groups is 1. The van der Waals surface area contributed by atoms with Gasteiger partial charge >= 0.3 is 0 Å². The number of nitrogens with zero attached hydrogens (tertiary/aromatic N) is 3. The van der Waals surface area contributed by atoms with Crippen molar-refractivity contribution < 1.29 is 9.53 Å². The Morgan fingerprint density at radius 1 is 1.03 bits per heavy atom. The highest BCUT2D eigenvalue weighted by molar-refractivity contribution is 6.04. The molecule has 6 nitrogen and oxygen atoms in total. The second-order valence-electron chi connectivity index (χ2n) is 7.71. The molecule has 2 heterocycles. The number of nitrogens with one attached hydrogen (secondary N) is 1. The topological polar surface area (TPSA) is 67.3 Å². The van der Waals surface area contributed by atoms with Crippen LogP contribution in [-0.2, 0) is 0 Å². The van der Waals surface area contributed by atoms with Gasteiger partial charge in [0.25, 0.3) is 5.91 Å². The second kappa shape index (κ2) is 8.95. The fourth-order valence-electron chi connectivity index (χ4n) is 3.59. The maximum absolute atomic E-state index is 12.5. The molecule has 1 N–H and O–H groups in total. The van der Waals surface area contributed by atoms with Crippen LogP contribution in [0.5, 0.6) is 5.75 Å². The maximum Gasteiger partial charge on any atom is 0.255 e. The van der Waals surface area contributed by atoms with Crippen LogP contribution in [0, 0.1) is 5.92 Å². The summed E-state index contributed by atoms with van der Waals surface area (Å²) in [7, 11) is 1.60. The molecule has 0 unspecified atom stereocenters. The standard InChI is InChI=1S/C24H26N4O2/c1-17-12-14-28(15-13-17)23-11-10-22(26-27-23)19-4-3-5-20(16-19)25-24(29)18-6-8-21(30-2)9-7-18/h3-11,16-17H,12-15H2,1-2H3,(H,25,29). The Kier molecular flexibility index (Phi) is 5.93. The molecule has 2 aromatic carbocycles. The van der Waals surface area contributed by atoms with Gasteiger partial charge in [0, 0.05) is 29.9 Å². The third-order valence-corrected chi connectivity index (χ3v) is 5.53. The molecule has 0 bridgehead atoms. The van der Waals surface area contributed by atoms with Crippen LogP contribution in [-0.4, -0.2) is 36.3 Å².